The second-order valence-corrected chi connectivity index (χ2v) is 7.67. The average Bonchev–Trinajstić information content (AvgIpc) is 2.83. The van der Waals surface area contributed by atoms with Crippen LogP contribution >= 0.6 is 11.6 Å². The third kappa shape index (κ3) is 3.51. The summed E-state index contributed by atoms with van der Waals surface area (Å²) in [5.74, 6) is 1.15. The minimum absolute atomic E-state index is 0.308. The highest BCUT2D eigenvalue weighted by atomic mass is 35.5. The summed E-state index contributed by atoms with van der Waals surface area (Å²) in [6.45, 7) is 5.39. The monoisotopic (exact) mass is 367 g/mol. The Morgan fingerprint density at radius 3 is 2.42 bits per heavy atom. The number of rotatable bonds is 4. The number of imidazole rings is 1. The number of halogens is 1. The number of para-hydroxylation sites is 2. The minimum Gasteiger partial charge on any atom is -0.322 e. The van der Waals surface area contributed by atoms with Crippen molar-refractivity contribution in [3.63, 3.8) is 0 Å². The van der Waals surface area contributed by atoms with Crippen molar-refractivity contribution in [3.8, 4) is 0 Å². The molecule has 4 heteroatoms. The van der Waals surface area contributed by atoms with E-state index in [9.17, 15) is 0 Å². The van der Waals surface area contributed by atoms with Crippen LogP contribution in [0, 0.1) is 0 Å². The lowest BCUT2D eigenvalue weighted by atomic mass is 10.2. The number of likely N-dealkylation sites (tertiary alicyclic amines) is 1. The standard InChI is InChI=1S/C22H26ClN3/c1-17(25-14-8-2-3-9-15-25)22-24-20-12-6-7-13-21(20)26(22)16-18-10-4-5-11-19(18)23/h4-7,10-13,17H,2-3,8-9,14-16H2,1H3. The summed E-state index contributed by atoms with van der Waals surface area (Å²) >= 11 is 6.45. The van der Waals surface area contributed by atoms with E-state index in [2.05, 4.69) is 52.8 Å². The Labute approximate surface area is 160 Å². The SMILES string of the molecule is CC(c1nc2ccccc2n1Cc1ccccc1Cl)N1CCCCCC1. The Balaban J connectivity index is 1.75. The van der Waals surface area contributed by atoms with Gasteiger partial charge in [-0.15, -0.1) is 0 Å². The lowest BCUT2D eigenvalue weighted by molar-refractivity contribution is 0.208. The Morgan fingerprint density at radius 1 is 0.962 bits per heavy atom. The fourth-order valence-electron chi connectivity index (χ4n) is 4.02. The highest BCUT2D eigenvalue weighted by Crippen LogP contribution is 2.28. The first-order chi connectivity index (χ1) is 12.7. The highest BCUT2D eigenvalue weighted by molar-refractivity contribution is 6.31. The fraction of sp³-hybridized carbons (Fsp3) is 0.409. The Hall–Kier alpha value is -1.84. The van der Waals surface area contributed by atoms with Crippen molar-refractivity contribution in [1.29, 1.82) is 0 Å². The molecule has 1 aliphatic rings. The van der Waals surface area contributed by atoms with E-state index in [1.165, 1.54) is 31.2 Å². The summed E-state index contributed by atoms with van der Waals surface area (Å²) in [7, 11) is 0. The molecule has 3 aromatic rings. The summed E-state index contributed by atoms with van der Waals surface area (Å²) in [4.78, 5) is 7.62. The Kier molecular flexibility index (Phi) is 5.28. The van der Waals surface area contributed by atoms with Crippen molar-refractivity contribution < 1.29 is 0 Å². The van der Waals surface area contributed by atoms with Crippen molar-refractivity contribution >= 4 is 22.6 Å². The molecule has 0 spiro atoms. The molecule has 0 radical (unpaired) electrons. The van der Waals surface area contributed by atoms with Gasteiger partial charge in [0.2, 0.25) is 0 Å². The maximum Gasteiger partial charge on any atom is 0.127 e. The van der Waals surface area contributed by atoms with Crippen molar-refractivity contribution in [2.24, 2.45) is 0 Å². The highest BCUT2D eigenvalue weighted by Gasteiger charge is 2.23. The fourth-order valence-corrected chi connectivity index (χ4v) is 4.22. The normalized spacial score (nSPS) is 17.3. The maximum absolute atomic E-state index is 6.45. The first-order valence-corrected chi connectivity index (χ1v) is 10.0. The Morgan fingerprint density at radius 2 is 1.65 bits per heavy atom. The van der Waals surface area contributed by atoms with Crippen LogP contribution in [0.3, 0.4) is 0 Å². The van der Waals surface area contributed by atoms with Gasteiger partial charge in [-0.3, -0.25) is 4.90 Å². The number of hydrogen-bond acceptors (Lipinski definition) is 2. The molecule has 0 aliphatic carbocycles. The van der Waals surface area contributed by atoms with Crippen LogP contribution in [0.4, 0.5) is 0 Å². The molecule has 1 aromatic heterocycles. The van der Waals surface area contributed by atoms with E-state index in [1.807, 2.05) is 12.1 Å². The van der Waals surface area contributed by atoms with Gasteiger partial charge in [-0.1, -0.05) is 54.8 Å². The van der Waals surface area contributed by atoms with Crippen molar-refractivity contribution in [2.45, 2.75) is 45.2 Å². The van der Waals surface area contributed by atoms with Crippen molar-refractivity contribution in [2.75, 3.05) is 13.1 Å². The molecule has 0 amide bonds. The molecule has 0 saturated carbocycles. The average molecular weight is 368 g/mol. The molecular formula is C22H26ClN3. The van der Waals surface area contributed by atoms with Gasteiger partial charge in [0.15, 0.2) is 0 Å². The minimum atomic E-state index is 0.308. The molecule has 1 atom stereocenters. The number of nitrogens with zero attached hydrogens (tertiary/aromatic N) is 3. The maximum atomic E-state index is 6.45. The van der Waals surface area contributed by atoms with Gasteiger partial charge in [0.25, 0.3) is 0 Å². The molecule has 1 aliphatic heterocycles. The van der Waals surface area contributed by atoms with E-state index in [-0.39, 0.29) is 0 Å². The van der Waals surface area contributed by atoms with Gasteiger partial charge >= 0.3 is 0 Å². The number of benzene rings is 2. The summed E-state index contributed by atoms with van der Waals surface area (Å²) in [5.41, 5.74) is 3.39. The van der Waals surface area contributed by atoms with Crippen LogP contribution in [-0.2, 0) is 6.54 Å². The van der Waals surface area contributed by atoms with Gasteiger partial charge in [-0.05, 0) is 56.6 Å². The van der Waals surface area contributed by atoms with Crippen LogP contribution < -0.4 is 0 Å². The second kappa shape index (κ2) is 7.81. The van der Waals surface area contributed by atoms with E-state index in [0.717, 1.165) is 41.6 Å². The topological polar surface area (TPSA) is 21.1 Å². The molecule has 4 rings (SSSR count). The Bertz CT molecular complexity index is 878. The zero-order chi connectivity index (χ0) is 17.9. The molecule has 1 saturated heterocycles. The van der Waals surface area contributed by atoms with Gasteiger partial charge in [-0.2, -0.15) is 0 Å². The van der Waals surface area contributed by atoms with Crippen LogP contribution in [-0.4, -0.2) is 27.5 Å². The third-order valence-corrected chi connectivity index (χ3v) is 5.90. The van der Waals surface area contributed by atoms with E-state index in [4.69, 9.17) is 16.6 Å². The first-order valence-electron chi connectivity index (χ1n) is 9.66. The van der Waals surface area contributed by atoms with Crippen LogP contribution in [0.5, 0.6) is 0 Å². The zero-order valence-electron chi connectivity index (χ0n) is 15.4. The van der Waals surface area contributed by atoms with Crippen molar-refractivity contribution in [3.05, 3.63) is 64.9 Å². The lowest BCUT2D eigenvalue weighted by Crippen LogP contribution is -2.30. The summed E-state index contributed by atoms with van der Waals surface area (Å²) in [6, 6.07) is 16.9. The van der Waals surface area contributed by atoms with E-state index >= 15 is 0 Å². The van der Waals surface area contributed by atoms with Crippen LogP contribution in [0.1, 0.15) is 50.0 Å². The summed E-state index contributed by atoms with van der Waals surface area (Å²) in [6.07, 6.45) is 5.27. The molecule has 26 heavy (non-hydrogen) atoms. The van der Waals surface area contributed by atoms with E-state index < -0.39 is 0 Å². The molecule has 136 valence electrons. The predicted octanol–water partition coefficient (Wildman–Crippen LogP) is 5.68. The van der Waals surface area contributed by atoms with E-state index in [1.54, 1.807) is 0 Å². The third-order valence-electron chi connectivity index (χ3n) is 5.53. The van der Waals surface area contributed by atoms with Gasteiger partial charge in [0.1, 0.15) is 5.82 Å². The summed E-state index contributed by atoms with van der Waals surface area (Å²) in [5, 5.41) is 0.818. The zero-order valence-corrected chi connectivity index (χ0v) is 16.1. The van der Waals surface area contributed by atoms with Gasteiger partial charge in [0.05, 0.1) is 23.6 Å². The van der Waals surface area contributed by atoms with Crippen LogP contribution in [0.2, 0.25) is 5.02 Å². The van der Waals surface area contributed by atoms with Crippen molar-refractivity contribution in [1.82, 2.24) is 14.5 Å². The number of aromatic nitrogens is 2. The van der Waals surface area contributed by atoms with E-state index in [0.29, 0.717) is 6.04 Å². The van der Waals surface area contributed by atoms with Gasteiger partial charge in [0, 0.05) is 5.02 Å². The number of hydrogen-bond donors (Lipinski definition) is 0. The number of fused-ring (bicyclic) bond motifs is 1. The molecular weight excluding hydrogens is 342 g/mol. The van der Waals surface area contributed by atoms with Crippen LogP contribution in [0.15, 0.2) is 48.5 Å². The molecule has 2 aromatic carbocycles. The lowest BCUT2D eigenvalue weighted by Gasteiger charge is -2.27. The molecule has 2 heterocycles. The molecule has 1 unspecified atom stereocenters. The largest absolute Gasteiger partial charge is 0.322 e. The second-order valence-electron chi connectivity index (χ2n) is 7.26. The smallest absolute Gasteiger partial charge is 0.127 e. The van der Waals surface area contributed by atoms with Crippen LogP contribution in [0.25, 0.3) is 11.0 Å². The van der Waals surface area contributed by atoms with Gasteiger partial charge in [-0.25, -0.2) is 4.98 Å². The molecule has 1 fully saturated rings. The van der Waals surface area contributed by atoms with Gasteiger partial charge < -0.3 is 4.57 Å². The molecule has 0 N–H and O–H groups in total. The molecule has 3 nitrogen and oxygen atoms in total. The summed E-state index contributed by atoms with van der Waals surface area (Å²) < 4.78 is 2.35. The first kappa shape index (κ1) is 17.6. The quantitative estimate of drug-likeness (QED) is 0.591. The molecule has 0 bridgehead atoms. The predicted molar refractivity (Wildman–Crippen MR) is 109 cm³/mol.